The number of halogens is 1. The van der Waals surface area contributed by atoms with Crippen LogP contribution in [-0.2, 0) is 24.3 Å². The molecule has 0 aliphatic carbocycles. The number of hydrogen-bond acceptors (Lipinski definition) is 2. The maximum atomic E-state index is 12.8. The third-order valence-electron chi connectivity index (χ3n) is 6.01. The first-order valence-electron chi connectivity index (χ1n) is 9.99. The lowest BCUT2D eigenvalue weighted by molar-refractivity contribution is -0.133. The van der Waals surface area contributed by atoms with Gasteiger partial charge in [0.15, 0.2) is 0 Å². The van der Waals surface area contributed by atoms with Crippen LogP contribution in [0.2, 0.25) is 0 Å². The fourth-order valence-corrected chi connectivity index (χ4v) is 4.71. The second-order valence-electron chi connectivity index (χ2n) is 7.85. The minimum absolute atomic E-state index is 0.341. The van der Waals surface area contributed by atoms with E-state index in [1.165, 1.54) is 21.2 Å². The van der Waals surface area contributed by atoms with E-state index in [4.69, 9.17) is 0 Å². The molecule has 3 nitrogen and oxygen atoms in total. The molecule has 0 radical (unpaired) electrons. The fraction of sp³-hybridized carbons (Fsp3) is 0.435. The van der Waals surface area contributed by atoms with Crippen LogP contribution >= 0.6 is 15.9 Å². The number of hydrogen-bond donors (Lipinski definition) is 0. The van der Waals surface area contributed by atoms with Crippen LogP contribution < -0.4 is 0 Å². The number of benzene rings is 2. The smallest absolute Gasteiger partial charge is 0.223 e. The molecule has 2 aromatic rings. The molecule has 2 aliphatic rings. The summed E-state index contributed by atoms with van der Waals surface area (Å²) in [5.74, 6) is 0.874. The molecule has 0 N–H and O–H groups in total. The van der Waals surface area contributed by atoms with Crippen molar-refractivity contribution < 1.29 is 4.79 Å². The van der Waals surface area contributed by atoms with Gasteiger partial charge in [0.05, 0.1) is 0 Å². The second-order valence-corrected chi connectivity index (χ2v) is 8.70. The van der Waals surface area contributed by atoms with Crippen molar-refractivity contribution in [2.24, 2.45) is 5.92 Å². The molecule has 4 heteroatoms. The molecule has 27 heavy (non-hydrogen) atoms. The first kappa shape index (κ1) is 18.7. The van der Waals surface area contributed by atoms with Crippen molar-refractivity contribution in [3.05, 3.63) is 69.7 Å². The number of carbonyl (C=O) groups is 1. The molecule has 0 unspecified atom stereocenters. The predicted octanol–water partition coefficient (Wildman–Crippen LogP) is 4.64. The summed E-state index contributed by atoms with van der Waals surface area (Å²) in [5, 5.41) is 0. The molecule has 0 bridgehead atoms. The zero-order chi connectivity index (χ0) is 18.6. The Balaban J connectivity index is 1.26. The maximum Gasteiger partial charge on any atom is 0.223 e. The van der Waals surface area contributed by atoms with Crippen molar-refractivity contribution in [1.29, 1.82) is 0 Å². The summed E-state index contributed by atoms with van der Waals surface area (Å²) in [6.45, 7) is 4.82. The average Bonchev–Trinajstić information content (AvgIpc) is 2.71. The maximum absolute atomic E-state index is 12.8. The number of carbonyl (C=O) groups excluding carboxylic acids is 1. The van der Waals surface area contributed by atoms with Crippen LogP contribution in [0.4, 0.5) is 0 Å². The van der Waals surface area contributed by atoms with E-state index < -0.39 is 0 Å². The van der Waals surface area contributed by atoms with Crippen LogP contribution in [0.3, 0.4) is 0 Å². The fourth-order valence-electron chi connectivity index (χ4n) is 4.30. The van der Waals surface area contributed by atoms with Gasteiger partial charge < -0.3 is 4.90 Å². The quantitative estimate of drug-likeness (QED) is 0.710. The standard InChI is InChI=1S/C23H27BrN2O/c24-22-8-4-3-7-21(22)16-25-12-9-18(10-13-25)15-23(27)26-14-11-19-5-1-2-6-20(19)17-26/h1-8,18H,9-17H2. The van der Waals surface area contributed by atoms with Gasteiger partial charge in [0.2, 0.25) is 5.91 Å². The van der Waals surface area contributed by atoms with Gasteiger partial charge in [-0.05, 0) is 61.0 Å². The summed E-state index contributed by atoms with van der Waals surface area (Å²) in [6.07, 6.45) is 3.96. The van der Waals surface area contributed by atoms with Gasteiger partial charge in [-0.25, -0.2) is 0 Å². The summed E-state index contributed by atoms with van der Waals surface area (Å²) in [5.41, 5.74) is 4.07. The van der Waals surface area contributed by atoms with Crippen LogP contribution in [0.25, 0.3) is 0 Å². The Kier molecular flexibility index (Phi) is 5.94. The average molecular weight is 427 g/mol. The molecule has 142 valence electrons. The van der Waals surface area contributed by atoms with E-state index in [9.17, 15) is 4.79 Å². The van der Waals surface area contributed by atoms with E-state index >= 15 is 0 Å². The lowest BCUT2D eigenvalue weighted by atomic mass is 9.92. The lowest BCUT2D eigenvalue weighted by Gasteiger charge is -2.34. The summed E-state index contributed by atoms with van der Waals surface area (Å²) in [7, 11) is 0. The highest BCUT2D eigenvalue weighted by Gasteiger charge is 2.26. The second kappa shape index (κ2) is 8.57. The molecular formula is C23H27BrN2O. The van der Waals surface area contributed by atoms with Crippen molar-refractivity contribution in [2.75, 3.05) is 19.6 Å². The molecule has 2 heterocycles. The summed E-state index contributed by atoms with van der Waals surface area (Å²) < 4.78 is 1.19. The molecule has 2 aliphatic heterocycles. The molecule has 1 amide bonds. The van der Waals surface area contributed by atoms with Crippen LogP contribution in [0.15, 0.2) is 53.0 Å². The SMILES string of the molecule is O=C(CC1CCN(Cc2ccccc2Br)CC1)N1CCc2ccccc2C1. The molecule has 1 saturated heterocycles. The number of rotatable bonds is 4. The van der Waals surface area contributed by atoms with Gasteiger partial charge in [-0.3, -0.25) is 9.69 Å². The minimum atomic E-state index is 0.341. The van der Waals surface area contributed by atoms with Crippen molar-refractivity contribution in [1.82, 2.24) is 9.80 Å². The van der Waals surface area contributed by atoms with Crippen LogP contribution in [-0.4, -0.2) is 35.3 Å². The van der Waals surface area contributed by atoms with Crippen molar-refractivity contribution in [3.8, 4) is 0 Å². The molecule has 0 spiro atoms. The molecule has 0 saturated carbocycles. The molecular weight excluding hydrogens is 400 g/mol. The zero-order valence-electron chi connectivity index (χ0n) is 15.7. The normalized spacial score (nSPS) is 18.3. The summed E-state index contributed by atoms with van der Waals surface area (Å²) in [4.78, 5) is 17.4. The molecule has 0 atom stereocenters. The number of likely N-dealkylation sites (tertiary alicyclic amines) is 1. The van der Waals surface area contributed by atoms with E-state index in [2.05, 4.69) is 74.3 Å². The monoisotopic (exact) mass is 426 g/mol. The van der Waals surface area contributed by atoms with Gasteiger partial charge in [-0.1, -0.05) is 58.4 Å². The largest absolute Gasteiger partial charge is 0.338 e. The van der Waals surface area contributed by atoms with Gasteiger partial charge in [-0.15, -0.1) is 0 Å². The molecule has 1 fully saturated rings. The van der Waals surface area contributed by atoms with E-state index in [1.54, 1.807) is 0 Å². The summed E-state index contributed by atoms with van der Waals surface area (Å²) in [6, 6.07) is 17.0. The van der Waals surface area contributed by atoms with Crippen LogP contribution in [0.5, 0.6) is 0 Å². The Bertz CT molecular complexity index is 798. The van der Waals surface area contributed by atoms with Gasteiger partial charge in [0.25, 0.3) is 0 Å². The zero-order valence-corrected chi connectivity index (χ0v) is 17.3. The van der Waals surface area contributed by atoms with Crippen LogP contribution in [0, 0.1) is 5.92 Å². The van der Waals surface area contributed by atoms with E-state index in [1.807, 2.05) is 0 Å². The number of piperidine rings is 1. The number of fused-ring (bicyclic) bond motifs is 1. The first-order chi connectivity index (χ1) is 13.2. The van der Waals surface area contributed by atoms with E-state index in [0.29, 0.717) is 18.2 Å². The topological polar surface area (TPSA) is 23.6 Å². The third-order valence-corrected chi connectivity index (χ3v) is 6.78. The number of amides is 1. The summed E-state index contributed by atoms with van der Waals surface area (Å²) >= 11 is 3.65. The van der Waals surface area contributed by atoms with Gasteiger partial charge in [0, 0.05) is 30.5 Å². The van der Waals surface area contributed by atoms with Crippen molar-refractivity contribution in [3.63, 3.8) is 0 Å². The highest BCUT2D eigenvalue weighted by Crippen LogP contribution is 2.26. The lowest BCUT2D eigenvalue weighted by Crippen LogP contribution is -2.39. The van der Waals surface area contributed by atoms with Gasteiger partial charge in [0.1, 0.15) is 0 Å². The number of nitrogens with zero attached hydrogens (tertiary/aromatic N) is 2. The molecule has 2 aromatic carbocycles. The predicted molar refractivity (Wildman–Crippen MR) is 112 cm³/mol. The Hall–Kier alpha value is -1.65. The Morgan fingerprint density at radius 1 is 0.963 bits per heavy atom. The van der Waals surface area contributed by atoms with E-state index in [-0.39, 0.29) is 0 Å². The third kappa shape index (κ3) is 4.61. The molecule has 4 rings (SSSR count). The van der Waals surface area contributed by atoms with Gasteiger partial charge in [-0.2, -0.15) is 0 Å². The first-order valence-corrected chi connectivity index (χ1v) is 10.8. The van der Waals surface area contributed by atoms with Gasteiger partial charge >= 0.3 is 0 Å². The molecule has 0 aromatic heterocycles. The minimum Gasteiger partial charge on any atom is -0.338 e. The van der Waals surface area contributed by atoms with Crippen molar-refractivity contribution >= 4 is 21.8 Å². The highest BCUT2D eigenvalue weighted by atomic mass is 79.9. The Morgan fingerprint density at radius 2 is 1.67 bits per heavy atom. The Morgan fingerprint density at radius 3 is 2.44 bits per heavy atom. The Labute approximate surface area is 170 Å². The van der Waals surface area contributed by atoms with Crippen molar-refractivity contribution in [2.45, 2.75) is 38.8 Å². The highest BCUT2D eigenvalue weighted by molar-refractivity contribution is 9.10. The van der Waals surface area contributed by atoms with Crippen LogP contribution in [0.1, 0.15) is 36.0 Å². The van der Waals surface area contributed by atoms with E-state index in [0.717, 1.165) is 52.0 Å².